The molecule has 0 radical (unpaired) electrons. The number of nitrogens with zero attached hydrogens (tertiary/aromatic N) is 1. The molecule has 1 aliphatic rings. The van der Waals surface area contributed by atoms with Gasteiger partial charge in [0.1, 0.15) is 9.90 Å². The molecule has 0 unspecified atom stereocenters. The molecule has 0 spiro atoms. The Morgan fingerprint density at radius 2 is 2.00 bits per heavy atom. The van der Waals surface area contributed by atoms with Crippen LogP contribution in [0.1, 0.15) is 39.0 Å². The van der Waals surface area contributed by atoms with E-state index >= 15 is 0 Å². The summed E-state index contributed by atoms with van der Waals surface area (Å²) in [7, 11) is -3.32. The summed E-state index contributed by atoms with van der Waals surface area (Å²) in [5, 5.41) is 3.77. The van der Waals surface area contributed by atoms with Crippen LogP contribution in [0, 0.1) is 11.8 Å². The van der Waals surface area contributed by atoms with Gasteiger partial charge in [-0.05, 0) is 29.8 Å². The largest absolute Gasteiger partial charge is 0.382 e. The second-order valence-corrected chi connectivity index (χ2v) is 8.57. The Balaban J connectivity index is 1.89. The van der Waals surface area contributed by atoms with E-state index in [4.69, 9.17) is 5.73 Å². The normalized spacial score (nSPS) is 23.7. The molecule has 0 saturated heterocycles. The molecule has 1 heterocycles. The van der Waals surface area contributed by atoms with Crippen LogP contribution < -0.4 is 11.1 Å². The van der Waals surface area contributed by atoms with E-state index in [2.05, 4.69) is 16.6 Å². The number of aromatic nitrogens is 1. The molecule has 20 heavy (non-hydrogen) atoms. The van der Waals surface area contributed by atoms with Crippen LogP contribution in [-0.4, -0.2) is 25.6 Å². The van der Waals surface area contributed by atoms with Gasteiger partial charge in [0.15, 0.2) is 15.7 Å². The molecule has 0 aliphatic heterocycles. The lowest BCUT2D eigenvalue weighted by Crippen LogP contribution is -2.16. The van der Waals surface area contributed by atoms with Gasteiger partial charge in [-0.25, -0.2) is 8.42 Å². The lowest BCUT2D eigenvalue weighted by molar-refractivity contribution is 0.282. The first kappa shape index (κ1) is 15.6. The molecule has 0 aromatic carbocycles. The van der Waals surface area contributed by atoms with Crippen LogP contribution in [0.15, 0.2) is 4.90 Å². The number of nitrogens with one attached hydrogen (secondary N) is 1. The molecule has 7 heteroatoms. The van der Waals surface area contributed by atoms with Crippen molar-refractivity contribution in [2.75, 3.05) is 23.9 Å². The topological polar surface area (TPSA) is 85.1 Å². The molecule has 1 aromatic heterocycles. The van der Waals surface area contributed by atoms with Gasteiger partial charge in [-0.3, -0.25) is 0 Å². The predicted molar refractivity (Wildman–Crippen MR) is 83.9 cm³/mol. The van der Waals surface area contributed by atoms with E-state index in [-0.39, 0.29) is 10.7 Å². The molecule has 5 nitrogen and oxygen atoms in total. The van der Waals surface area contributed by atoms with Gasteiger partial charge in [0.25, 0.3) is 0 Å². The quantitative estimate of drug-likeness (QED) is 0.872. The molecule has 0 bridgehead atoms. The summed E-state index contributed by atoms with van der Waals surface area (Å²) < 4.78 is 27.3. The lowest BCUT2D eigenvalue weighted by Gasteiger charge is -2.26. The second-order valence-electron chi connectivity index (χ2n) is 5.84. The van der Waals surface area contributed by atoms with E-state index < -0.39 is 9.84 Å². The van der Waals surface area contributed by atoms with E-state index in [9.17, 15) is 8.42 Å². The predicted octanol–water partition coefficient (Wildman–Crippen LogP) is 2.76. The zero-order valence-corrected chi connectivity index (χ0v) is 13.7. The molecule has 1 saturated carbocycles. The lowest BCUT2D eigenvalue weighted by atomic mass is 9.81. The van der Waals surface area contributed by atoms with Gasteiger partial charge in [-0.2, -0.15) is 4.37 Å². The van der Waals surface area contributed by atoms with E-state index in [1.807, 2.05) is 0 Å². The average Bonchev–Trinajstić information content (AvgIpc) is 2.73. The smallest absolute Gasteiger partial charge is 0.182 e. The number of nitrogen functional groups attached to an aromatic ring is 1. The van der Waals surface area contributed by atoms with Crippen molar-refractivity contribution in [2.45, 2.75) is 43.9 Å². The zero-order valence-electron chi connectivity index (χ0n) is 12.1. The fraction of sp³-hybridized carbons (Fsp3) is 0.769. The van der Waals surface area contributed by atoms with Gasteiger partial charge < -0.3 is 11.1 Å². The molecule has 1 fully saturated rings. The SMILES string of the molecule is CC1CCC(CCNc2snc(N)c2S(C)(=O)=O)CC1. The summed E-state index contributed by atoms with van der Waals surface area (Å²) in [5.74, 6) is 1.72. The van der Waals surface area contributed by atoms with Gasteiger partial charge >= 0.3 is 0 Å². The van der Waals surface area contributed by atoms with Crippen molar-refractivity contribution in [3.05, 3.63) is 0 Å². The maximum absolute atomic E-state index is 11.7. The van der Waals surface area contributed by atoms with Gasteiger partial charge in [0.05, 0.1) is 0 Å². The average molecular weight is 317 g/mol. The van der Waals surface area contributed by atoms with Crippen molar-refractivity contribution in [1.29, 1.82) is 0 Å². The molecule has 0 amide bonds. The van der Waals surface area contributed by atoms with E-state index in [1.165, 1.54) is 31.9 Å². The van der Waals surface area contributed by atoms with Crippen LogP contribution in [-0.2, 0) is 9.84 Å². The molecule has 1 aliphatic carbocycles. The minimum absolute atomic E-state index is 0.103. The number of rotatable bonds is 5. The van der Waals surface area contributed by atoms with Crippen LogP contribution in [0.5, 0.6) is 0 Å². The van der Waals surface area contributed by atoms with Gasteiger partial charge in [-0.15, -0.1) is 0 Å². The Morgan fingerprint density at radius 3 is 2.60 bits per heavy atom. The fourth-order valence-electron chi connectivity index (χ4n) is 2.77. The van der Waals surface area contributed by atoms with Crippen molar-refractivity contribution >= 4 is 32.2 Å². The number of hydrogen-bond donors (Lipinski definition) is 2. The molecule has 114 valence electrons. The highest BCUT2D eigenvalue weighted by molar-refractivity contribution is 7.91. The third-order valence-electron chi connectivity index (χ3n) is 4.02. The first-order valence-corrected chi connectivity index (χ1v) is 9.73. The van der Waals surface area contributed by atoms with E-state index in [0.717, 1.165) is 36.3 Å². The van der Waals surface area contributed by atoms with Gasteiger partial charge in [0.2, 0.25) is 0 Å². The summed E-state index contributed by atoms with van der Waals surface area (Å²) in [6.07, 6.45) is 7.44. The van der Waals surface area contributed by atoms with Gasteiger partial charge in [0, 0.05) is 12.8 Å². The highest BCUT2D eigenvalue weighted by Crippen LogP contribution is 2.33. The summed E-state index contributed by atoms with van der Waals surface area (Å²) in [5.41, 5.74) is 5.64. The van der Waals surface area contributed by atoms with Crippen LogP contribution in [0.2, 0.25) is 0 Å². The Kier molecular flexibility index (Phi) is 4.90. The van der Waals surface area contributed by atoms with Crippen molar-refractivity contribution in [2.24, 2.45) is 11.8 Å². The molecule has 2 rings (SSSR count). The minimum Gasteiger partial charge on any atom is -0.382 e. The van der Waals surface area contributed by atoms with Crippen molar-refractivity contribution < 1.29 is 8.42 Å². The van der Waals surface area contributed by atoms with Crippen molar-refractivity contribution in [3.63, 3.8) is 0 Å². The summed E-state index contributed by atoms with van der Waals surface area (Å²) >= 11 is 1.12. The number of anilines is 2. The van der Waals surface area contributed by atoms with Crippen molar-refractivity contribution in [3.8, 4) is 0 Å². The highest BCUT2D eigenvalue weighted by atomic mass is 32.2. The number of hydrogen-bond acceptors (Lipinski definition) is 6. The molecule has 3 N–H and O–H groups in total. The van der Waals surface area contributed by atoms with Crippen molar-refractivity contribution in [1.82, 2.24) is 4.37 Å². The second kappa shape index (κ2) is 6.30. The standard InChI is InChI=1S/C13H23N3O2S2/c1-9-3-5-10(6-4-9)7-8-15-13-11(20(2,17)18)12(14)16-19-13/h9-10,15H,3-8H2,1-2H3,(H2,14,16). The molecule has 0 atom stereocenters. The summed E-state index contributed by atoms with van der Waals surface area (Å²) in [6, 6.07) is 0. The maximum Gasteiger partial charge on any atom is 0.182 e. The molecular formula is C13H23N3O2S2. The number of sulfone groups is 1. The van der Waals surface area contributed by atoms with E-state index in [1.54, 1.807) is 0 Å². The monoisotopic (exact) mass is 317 g/mol. The first-order valence-electron chi connectivity index (χ1n) is 7.07. The third-order valence-corrected chi connectivity index (χ3v) is 6.12. The Hall–Kier alpha value is -0.820. The highest BCUT2D eigenvalue weighted by Gasteiger charge is 2.22. The maximum atomic E-state index is 11.7. The first-order chi connectivity index (χ1) is 9.38. The number of nitrogens with two attached hydrogens (primary N) is 1. The Bertz CT molecular complexity index is 546. The molecular weight excluding hydrogens is 294 g/mol. The summed E-state index contributed by atoms with van der Waals surface area (Å²) in [6.45, 7) is 3.09. The molecule has 1 aromatic rings. The van der Waals surface area contributed by atoms with Crippen LogP contribution in [0.25, 0.3) is 0 Å². The van der Waals surface area contributed by atoms with Gasteiger partial charge in [-0.1, -0.05) is 32.6 Å². The third kappa shape index (κ3) is 3.85. The fourth-order valence-corrected chi connectivity index (χ4v) is 4.87. The zero-order chi connectivity index (χ0) is 14.8. The Morgan fingerprint density at radius 1 is 1.35 bits per heavy atom. The van der Waals surface area contributed by atoms with E-state index in [0.29, 0.717) is 5.00 Å². The van der Waals surface area contributed by atoms with Crippen LogP contribution in [0.4, 0.5) is 10.8 Å². The minimum atomic E-state index is -3.32. The van der Waals surface area contributed by atoms with Crippen LogP contribution in [0.3, 0.4) is 0 Å². The Labute approximate surface area is 125 Å². The van der Waals surface area contributed by atoms with Crippen LogP contribution >= 0.6 is 11.5 Å². The summed E-state index contributed by atoms with van der Waals surface area (Å²) in [4.78, 5) is 0.153.